The summed E-state index contributed by atoms with van der Waals surface area (Å²) in [7, 11) is 0. The highest BCUT2D eigenvalue weighted by molar-refractivity contribution is 5.66. The lowest BCUT2D eigenvalue weighted by Crippen LogP contribution is -2.20. The van der Waals surface area contributed by atoms with Gasteiger partial charge in [0, 0.05) is 13.0 Å². The Labute approximate surface area is 65.2 Å². The normalized spacial score (nSPS) is 13.4. The van der Waals surface area contributed by atoms with Gasteiger partial charge in [-0.05, 0) is 6.92 Å². The van der Waals surface area contributed by atoms with Gasteiger partial charge in [-0.1, -0.05) is 0 Å². The lowest BCUT2D eigenvalue weighted by molar-refractivity contribution is -0.143. The molecule has 0 aliphatic heterocycles. The summed E-state index contributed by atoms with van der Waals surface area (Å²) in [5, 5.41) is 8.17. The highest BCUT2D eigenvalue weighted by atomic mass is 16.5. The second kappa shape index (κ2) is 4.34. The van der Waals surface area contributed by atoms with Crippen LogP contribution >= 0.6 is 0 Å². The van der Waals surface area contributed by atoms with Crippen molar-refractivity contribution >= 4 is 5.97 Å². The SMILES string of the molecule is CC(=O)OC(C)/C(N)=C\C#N. The predicted octanol–water partition coefficient (Wildman–Crippen LogP) is 0.304. The fourth-order valence-corrected chi connectivity index (χ4v) is 0.509. The molecule has 0 saturated heterocycles. The number of ether oxygens (including phenoxy) is 1. The first-order valence-electron chi connectivity index (χ1n) is 3.10. The maximum atomic E-state index is 10.4. The van der Waals surface area contributed by atoms with Crippen LogP contribution in [0.5, 0.6) is 0 Å². The smallest absolute Gasteiger partial charge is 0.303 e. The van der Waals surface area contributed by atoms with Gasteiger partial charge in [-0.3, -0.25) is 4.79 Å². The minimum atomic E-state index is -0.521. The van der Waals surface area contributed by atoms with Gasteiger partial charge in [-0.15, -0.1) is 0 Å². The number of allylic oxidation sites excluding steroid dienone is 1. The van der Waals surface area contributed by atoms with Crippen LogP contribution < -0.4 is 5.73 Å². The first-order chi connectivity index (χ1) is 5.07. The lowest BCUT2D eigenvalue weighted by atomic mass is 10.3. The molecule has 0 rings (SSSR count). The Morgan fingerprint density at radius 1 is 1.82 bits per heavy atom. The Hall–Kier alpha value is -1.50. The molecule has 0 fully saturated rings. The molecule has 11 heavy (non-hydrogen) atoms. The number of nitrogens with two attached hydrogens (primary N) is 1. The molecule has 0 aromatic heterocycles. The Kier molecular flexibility index (Phi) is 3.75. The van der Waals surface area contributed by atoms with Crippen molar-refractivity contribution in [3.8, 4) is 6.07 Å². The summed E-state index contributed by atoms with van der Waals surface area (Å²) in [6, 6.07) is 1.74. The molecule has 2 N–H and O–H groups in total. The van der Waals surface area contributed by atoms with Crippen LogP contribution in [0.15, 0.2) is 11.8 Å². The summed E-state index contributed by atoms with van der Waals surface area (Å²) < 4.78 is 4.68. The van der Waals surface area contributed by atoms with Crippen LogP contribution in [0.4, 0.5) is 0 Å². The van der Waals surface area contributed by atoms with Gasteiger partial charge in [-0.2, -0.15) is 5.26 Å². The largest absolute Gasteiger partial charge is 0.456 e. The van der Waals surface area contributed by atoms with Crippen LogP contribution in [-0.4, -0.2) is 12.1 Å². The zero-order valence-electron chi connectivity index (χ0n) is 6.50. The maximum absolute atomic E-state index is 10.4. The number of nitriles is 1. The zero-order valence-corrected chi connectivity index (χ0v) is 6.50. The molecule has 0 bridgehead atoms. The molecule has 0 aromatic carbocycles. The van der Waals surface area contributed by atoms with E-state index in [0.29, 0.717) is 0 Å². The second-order valence-electron chi connectivity index (χ2n) is 2.03. The Morgan fingerprint density at radius 2 is 2.36 bits per heavy atom. The van der Waals surface area contributed by atoms with Crippen molar-refractivity contribution in [3.05, 3.63) is 11.8 Å². The summed E-state index contributed by atoms with van der Waals surface area (Å²) in [4.78, 5) is 10.4. The highest BCUT2D eigenvalue weighted by Crippen LogP contribution is 1.98. The molecule has 1 unspecified atom stereocenters. The van der Waals surface area contributed by atoms with E-state index in [1.165, 1.54) is 6.92 Å². The summed E-state index contributed by atoms with van der Waals surface area (Å²) in [6.45, 7) is 2.89. The molecule has 1 atom stereocenters. The average molecular weight is 154 g/mol. The van der Waals surface area contributed by atoms with E-state index in [9.17, 15) is 4.79 Å². The molecule has 0 radical (unpaired) electrons. The van der Waals surface area contributed by atoms with Crippen molar-refractivity contribution in [2.45, 2.75) is 20.0 Å². The van der Waals surface area contributed by atoms with Crippen molar-refractivity contribution in [2.24, 2.45) is 5.73 Å². The van der Waals surface area contributed by atoms with E-state index >= 15 is 0 Å². The van der Waals surface area contributed by atoms with E-state index < -0.39 is 12.1 Å². The van der Waals surface area contributed by atoms with Gasteiger partial charge in [-0.25, -0.2) is 0 Å². The van der Waals surface area contributed by atoms with E-state index in [1.807, 2.05) is 0 Å². The molecule has 4 nitrogen and oxygen atoms in total. The molecule has 0 aliphatic carbocycles. The van der Waals surface area contributed by atoms with E-state index in [2.05, 4.69) is 4.74 Å². The number of hydrogen-bond acceptors (Lipinski definition) is 4. The number of carbonyl (C=O) groups is 1. The summed E-state index contributed by atoms with van der Waals surface area (Å²) in [5.74, 6) is -0.410. The highest BCUT2D eigenvalue weighted by Gasteiger charge is 2.06. The average Bonchev–Trinajstić information content (AvgIpc) is 1.86. The minimum absolute atomic E-state index is 0.253. The van der Waals surface area contributed by atoms with Crippen molar-refractivity contribution in [1.82, 2.24) is 0 Å². The van der Waals surface area contributed by atoms with Gasteiger partial charge >= 0.3 is 5.97 Å². The van der Waals surface area contributed by atoms with Gasteiger partial charge in [0.2, 0.25) is 0 Å². The maximum Gasteiger partial charge on any atom is 0.303 e. The molecular weight excluding hydrogens is 144 g/mol. The summed E-state index contributed by atoms with van der Waals surface area (Å²) in [6.07, 6.45) is 0.625. The van der Waals surface area contributed by atoms with E-state index in [4.69, 9.17) is 11.0 Å². The molecule has 4 heteroatoms. The van der Waals surface area contributed by atoms with Crippen LogP contribution in [0.3, 0.4) is 0 Å². The molecule has 0 spiro atoms. The summed E-state index contributed by atoms with van der Waals surface area (Å²) >= 11 is 0. The predicted molar refractivity (Wildman–Crippen MR) is 39.1 cm³/mol. The molecular formula is C7H10N2O2. The molecule has 0 aromatic rings. The van der Waals surface area contributed by atoms with Crippen LogP contribution in [0.25, 0.3) is 0 Å². The fraction of sp³-hybridized carbons (Fsp3) is 0.429. The minimum Gasteiger partial charge on any atom is -0.456 e. The zero-order chi connectivity index (χ0) is 8.85. The van der Waals surface area contributed by atoms with Crippen LogP contribution in [-0.2, 0) is 9.53 Å². The van der Waals surface area contributed by atoms with Crippen molar-refractivity contribution in [2.75, 3.05) is 0 Å². The van der Waals surface area contributed by atoms with Gasteiger partial charge < -0.3 is 10.5 Å². The number of nitrogens with zero attached hydrogens (tertiary/aromatic N) is 1. The number of hydrogen-bond donors (Lipinski definition) is 1. The third-order valence-corrected chi connectivity index (χ3v) is 1.04. The van der Waals surface area contributed by atoms with Crippen LogP contribution in [0.1, 0.15) is 13.8 Å². The Bertz CT molecular complexity index is 215. The van der Waals surface area contributed by atoms with Gasteiger partial charge in [0.25, 0.3) is 0 Å². The second-order valence-corrected chi connectivity index (χ2v) is 2.03. The van der Waals surface area contributed by atoms with Crippen molar-refractivity contribution < 1.29 is 9.53 Å². The Morgan fingerprint density at radius 3 is 2.73 bits per heavy atom. The number of carbonyl (C=O) groups excluding carboxylic acids is 1. The first kappa shape index (κ1) is 9.50. The summed E-state index contributed by atoms with van der Waals surface area (Å²) in [5.41, 5.74) is 5.59. The topological polar surface area (TPSA) is 76.1 Å². The number of esters is 1. The number of rotatable bonds is 2. The van der Waals surface area contributed by atoms with E-state index in [0.717, 1.165) is 6.08 Å². The molecule has 0 amide bonds. The van der Waals surface area contributed by atoms with Gasteiger partial charge in [0.05, 0.1) is 11.8 Å². The van der Waals surface area contributed by atoms with E-state index in [1.54, 1.807) is 13.0 Å². The third kappa shape index (κ3) is 3.98. The molecule has 60 valence electrons. The van der Waals surface area contributed by atoms with Gasteiger partial charge in [0.15, 0.2) is 0 Å². The molecule has 0 saturated carbocycles. The van der Waals surface area contributed by atoms with Crippen molar-refractivity contribution in [3.63, 3.8) is 0 Å². The third-order valence-electron chi connectivity index (χ3n) is 1.04. The first-order valence-corrected chi connectivity index (χ1v) is 3.10. The van der Waals surface area contributed by atoms with Gasteiger partial charge in [0.1, 0.15) is 6.10 Å². The lowest BCUT2D eigenvalue weighted by Gasteiger charge is -2.10. The molecule has 0 heterocycles. The van der Waals surface area contributed by atoms with Crippen LogP contribution in [0.2, 0.25) is 0 Å². The fourth-order valence-electron chi connectivity index (χ4n) is 0.509. The quantitative estimate of drug-likeness (QED) is 0.458. The Balaban J connectivity index is 4.05. The standard InChI is InChI=1S/C7H10N2O2/c1-5(11-6(2)10)7(9)3-4-8/h3,5H,9H2,1-2H3/b7-3+. The molecule has 0 aliphatic rings. The monoisotopic (exact) mass is 154 g/mol. The van der Waals surface area contributed by atoms with Crippen LogP contribution in [0, 0.1) is 11.3 Å². The van der Waals surface area contributed by atoms with Crippen molar-refractivity contribution in [1.29, 1.82) is 5.26 Å². The van der Waals surface area contributed by atoms with E-state index in [-0.39, 0.29) is 5.70 Å².